The number of thiophene rings is 2. The second kappa shape index (κ2) is 7.56. The van der Waals surface area contributed by atoms with Crippen LogP contribution >= 0.6 is 22.7 Å². The lowest BCUT2D eigenvalue weighted by molar-refractivity contribution is -0.145. The first kappa shape index (κ1) is 18.4. The molecule has 27 heavy (non-hydrogen) atoms. The van der Waals surface area contributed by atoms with Crippen molar-refractivity contribution in [2.75, 3.05) is 18.1 Å². The Morgan fingerprint density at radius 2 is 2.19 bits per heavy atom. The second-order valence-electron chi connectivity index (χ2n) is 6.72. The van der Waals surface area contributed by atoms with Gasteiger partial charge >= 0.3 is 5.97 Å². The van der Waals surface area contributed by atoms with Crippen LogP contribution in [-0.4, -0.2) is 36.8 Å². The van der Waals surface area contributed by atoms with E-state index in [1.165, 1.54) is 16.9 Å². The second-order valence-corrected chi connectivity index (χ2v) is 8.76. The van der Waals surface area contributed by atoms with Gasteiger partial charge in [-0.15, -0.1) is 22.7 Å². The Labute approximate surface area is 166 Å². The number of esters is 1. The van der Waals surface area contributed by atoms with Crippen molar-refractivity contribution in [3.8, 4) is 0 Å². The van der Waals surface area contributed by atoms with Crippen molar-refractivity contribution < 1.29 is 14.3 Å². The smallest absolute Gasteiger partial charge is 0.328 e. The summed E-state index contributed by atoms with van der Waals surface area (Å²) in [4.78, 5) is 34.1. The van der Waals surface area contributed by atoms with E-state index in [4.69, 9.17) is 9.73 Å². The Balaban J connectivity index is 1.87. The van der Waals surface area contributed by atoms with Gasteiger partial charge in [-0.25, -0.2) is 4.79 Å². The molecule has 0 saturated carbocycles. The molecule has 0 unspecified atom stereocenters. The van der Waals surface area contributed by atoms with Gasteiger partial charge in [0.2, 0.25) is 5.91 Å². The zero-order valence-corrected chi connectivity index (χ0v) is 17.1. The fourth-order valence-corrected chi connectivity index (χ4v) is 5.98. The molecule has 1 aliphatic carbocycles. The van der Waals surface area contributed by atoms with Gasteiger partial charge in [-0.3, -0.25) is 14.7 Å². The van der Waals surface area contributed by atoms with Crippen LogP contribution in [0.2, 0.25) is 0 Å². The Kier molecular flexibility index (Phi) is 5.14. The SMILES string of the molecule is CCOC(=O)[C@H](C)N1C(=O)CN=C(c2cccs2)c2c1sc1c2CCCC1. The summed E-state index contributed by atoms with van der Waals surface area (Å²) in [6.45, 7) is 3.87. The van der Waals surface area contributed by atoms with E-state index in [1.807, 2.05) is 11.4 Å². The van der Waals surface area contributed by atoms with E-state index >= 15 is 0 Å². The maximum Gasteiger partial charge on any atom is 0.328 e. The molecule has 0 N–H and O–H groups in total. The predicted octanol–water partition coefficient (Wildman–Crippen LogP) is 3.82. The zero-order valence-electron chi connectivity index (χ0n) is 15.5. The fraction of sp³-hybridized carbons (Fsp3) is 0.450. The molecule has 1 aliphatic heterocycles. The van der Waals surface area contributed by atoms with Crippen LogP contribution in [0.5, 0.6) is 0 Å². The standard InChI is InChI=1S/C20H22N2O3S2/c1-3-25-20(24)12(2)22-16(23)11-21-18(15-9-6-10-26-15)17-13-7-4-5-8-14(13)27-19(17)22/h6,9-10,12H,3-5,7-8,11H2,1-2H3/t12-/m0/s1. The van der Waals surface area contributed by atoms with E-state index in [0.29, 0.717) is 6.61 Å². The fourth-order valence-electron chi connectivity index (χ4n) is 3.76. The number of hydrogen-bond acceptors (Lipinski definition) is 6. The van der Waals surface area contributed by atoms with Crippen molar-refractivity contribution in [1.82, 2.24) is 0 Å². The number of rotatable bonds is 4. The third kappa shape index (κ3) is 3.23. The number of nitrogens with zero attached hydrogens (tertiary/aromatic N) is 2. The molecule has 0 fully saturated rings. The van der Waals surface area contributed by atoms with Crippen LogP contribution in [0.1, 0.15) is 47.6 Å². The summed E-state index contributed by atoms with van der Waals surface area (Å²) in [7, 11) is 0. The van der Waals surface area contributed by atoms with Crippen molar-refractivity contribution >= 4 is 45.3 Å². The number of fused-ring (bicyclic) bond motifs is 3. The average molecular weight is 403 g/mol. The number of carbonyl (C=O) groups is 2. The molecule has 5 nitrogen and oxygen atoms in total. The van der Waals surface area contributed by atoms with Gasteiger partial charge in [0.05, 0.1) is 17.2 Å². The highest BCUT2D eigenvalue weighted by Gasteiger charge is 2.37. The van der Waals surface area contributed by atoms with E-state index in [0.717, 1.165) is 40.4 Å². The van der Waals surface area contributed by atoms with Crippen LogP contribution < -0.4 is 4.90 Å². The van der Waals surface area contributed by atoms with Crippen molar-refractivity contribution in [2.45, 2.75) is 45.6 Å². The summed E-state index contributed by atoms with van der Waals surface area (Å²) >= 11 is 3.28. The molecule has 0 aromatic carbocycles. The molecule has 1 amide bonds. The molecule has 142 valence electrons. The first-order valence-electron chi connectivity index (χ1n) is 9.33. The van der Waals surface area contributed by atoms with E-state index < -0.39 is 6.04 Å². The summed E-state index contributed by atoms with van der Waals surface area (Å²) < 4.78 is 5.20. The summed E-state index contributed by atoms with van der Waals surface area (Å²) in [6, 6.07) is 3.40. The number of hydrogen-bond donors (Lipinski definition) is 0. The minimum Gasteiger partial charge on any atom is -0.464 e. The molecule has 4 rings (SSSR count). The number of amides is 1. The van der Waals surface area contributed by atoms with Crippen molar-refractivity contribution in [3.63, 3.8) is 0 Å². The Bertz CT molecular complexity index is 899. The lowest BCUT2D eigenvalue weighted by Crippen LogP contribution is -2.45. The number of anilines is 1. The molecule has 0 saturated heterocycles. The molecule has 0 bridgehead atoms. The van der Waals surface area contributed by atoms with Crippen LogP contribution in [0.4, 0.5) is 5.00 Å². The number of aliphatic imine (C=N–C) groups is 1. The topological polar surface area (TPSA) is 59.0 Å². The van der Waals surface area contributed by atoms with Crippen LogP contribution in [0.3, 0.4) is 0 Å². The summed E-state index contributed by atoms with van der Waals surface area (Å²) in [6.07, 6.45) is 4.34. The molecule has 2 aromatic heterocycles. The van der Waals surface area contributed by atoms with Crippen molar-refractivity contribution in [1.29, 1.82) is 0 Å². The summed E-state index contributed by atoms with van der Waals surface area (Å²) in [5.74, 6) is -0.523. The lowest BCUT2D eigenvalue weighted by atomic mass is 9.93. The normalized spacial score (nSPS) is 17.6. The molecule has 0 radical (unpaired) electrons. The maximum absolute atomic E-state index is 13.0. The minimum absolute atomic E-state index is 0.0488. The Morgan fingerprint density at radius 3 is 2.93 bits per heavy atom. The van der Waals surface area contributed by atoms with E-state index in [9.17, 15) is 9.59 Å². The number of aryl methyl sites for hydroxylation is 1. The minimum atomic E-state index is -0.658. The highest BCUT2D eigenvalue weighted by molar-refractivity contribution is 7.17. The van der Waals surface area contributed by atoms with Gasteiger partial charge in [0.25, 0.3) is 0 Å². The quantitative estimate of drug-likeness (QED) is 0.731. The molecule has 1 atom stereocenters. The lowest BCUT2D eigenvalue weighted by Gasteiger charge is -2.26. The molecule has 3 heterocycles. The molecule has 0 spiro atoms. The van der Waals surface area contributed by atoms with E-state index in [-0.39, 0.29) is 18.4 Å². The van der Waals surface area contributed by atoms with Crippen LogP contribution in [0.15, 0.2) is 22.5 Å². The summed E-state index contributed by atoms with van der Waals surface area (Å²) in [5.41, 5.74) is 3.26. The number of carbonyl (C=O) groups excluding carboxylic acids is 2. The zero-order chi connectivity index (χ0) is 19.0. The molecular formula is C20H22N2O3S2. The van der Waals surface area contributed by atoms with Gasteiger partial charge in [0.1, 0.15) is 17.6 Å². The monoisotopic (exact) mass is 402 g/mol. The van der Waals surface area contributed by atoms with Gasteiger partial charge in [0.15, 0.2) is 0 Å². The highest BCUT2D eigenvalue weighted by Crippen LogP contribution is 2.43. The van der Waals surface area contributed by atoms with Gasteiger partial charge < -0.3 is 4.74 Å². The highest BCUT2D eigenvalue weighted by atomic mass is 32.1. The van der Waals surface area contributed by atoms with Gasteiger partial charge in [0, 0.05) is 10.4 Å². The summed E-state index contributed by atoms with van der Waals surface area (Å²) in [5, 5.41) is 2.89. The Morgan fingerprint density at radius 1 is 1.37 bits per heavy atom. The van der Waals surface area contributed by atoms with Crippen LogP contribution in [0.25, 0.3) is 0 Å². The van der Waals surface area contributed by atoms with Crippen molar-refractivity contribution in [3.05, 3.63) is 38.4 Å². The third-order valence-corrected chi connectivity index (χ3v) is 7.19. The molecule has 2 aromatic rings. The average Bonchev–Trinajstić information content (AvgIpc) is 3.29. The largest absolute Gasteiger partial charge is 0.464 e. The first-order chi connectivity index (χ1) is 13.1. The van der Waals surface area contributed by atoms with E-state index in [2.05, 4.69) is 6.07 Å². The first-order valence-corrected chi connectivity index (χ1v) is 11.0. The van der Waals surface area contributed by atoms with Crippen molar-refractivity contribution in [2.24, 2.45) is 4.99 Å². The third-order valence-electron chi connectivity index (χ3n) is 5.02. The maximum atomic E-state index is 13.0. The van der Waals surface area contributed by atoms with Gasteiger partial charge in [-0.1, -0.05) is 6.07 Å². The molecule has 7 heteroatoms. The van der Waals surface area contributed by atoms with Gasteiger partial charge in [-0.05, 0) is 56.5 Å². The predicted molar refractivity (Wildman–Crippen MR) is 109 cm³/mol. The molecule has 2 aliphatic rings. The van der Waals surface area contributed by atoms with Crippen LogP contribution in [-0.2, 0) is 27.2 Å². The number of ether oxygens (including phenoxy) is 1. The Hall–Kier alpha value is -1.99. The van der Waals surface area contributed by atoms with Gasteiger partial charge in [-0.2, -0.15) is 0 Å². The van der Waals surface area contributed by atoms with Crippen LogP contribution in [0, 0.1) is 0 Å². The molecular weight excluding hydrogens is 380 g/mol. The van der Waals surface area contributed by atoms with E-state index in [1.54, 1.807) is 41.4 Å².